The van der Waals surface area contributed by atoms with Crippen molar-refractivity contribution in [2.45, 2.75) is 13.5 Å². The van der Waals surface area contributed by atoms with Gasteiger partial charge >= 0.3 is 0 Å². The van der Waals surface area contributed by atoms with Gasteiger partial charge in [0.05, 0.1) is 19.8 Å². The highest BCUT2D eigenvalue weighted by atomic mass is 16.3. The van der Waals surface area contributed by atoms with Gasteiger partial charge < -0.3 is 14.6 Å². The maximum absolute atomic E-state index is 9.19. The van der Waals surface area contributed by atoms with Crippen molar-refractivity contribution < 1.29 is 14.6 Å². The molecular weight excluding hydrogens is 220 g/mol. The van der Waals surface area contributed by atoms with E-state index in [1.165, 1.54) is 0 Å². The van der Waals surface area contributed by atoms with Crippen molar-refractivity contribution in [3.8, 4) is 6.07 Å². The first-order valence-corrected chi connectivity index (χ1v) is 5.42. The lowest BCUT2D eigenvalue weighted by Crippen LogP contribution is -2.38. The van der Waals surface area contributed by atoms with Crippen LogP contribution >= 0.6 is 0 Å². The Morgan fingerprint density at radius 2 is 2.06 bits per heavy atom. The van der Waals surface area contributed by atoms with Crippen LogP contribution in [0.1, 0.15) is 18.4 Å². The summed E-state index contributed by atoms with van der Waals surface area (Å²) in [6, 6.07) is 5.31. The predicted octanol–water partition coefficient (Wildman–Crippen LogP) is 0.574. The highest BCUT2D eigenvalue weighted by Crippen LogP contribution is 2.17. The summed E-state index contributed by atoms with van der Waals surface area (Å²) in [6.07, 6.45) is 0. The molecule has 0 aromatic carbocycles. The first-order valence-electron chi connectivity index (χ1n) is 5.42. The molecule has 0 aliphatic heterocycles. The zero-order valence-electron chi connectivity index (χ0n) is 10.2. The highest BCUT2D eigenvalue weighted by Gasteiger charge is 2.24. The van der Waals surface area contributed by atoms with Gasteiger partial charge in [0.25, 0.3) is 0 Å². The van der Waals surface area contributed by atoms with Gasteiger partial charge in [-0.25, -0.2) is 0 Å². The highest BCUT2D eigenvalue weighted by molar-refractivity contribution is 5.18. The van der Waals surface area contributed by atoms with Gasteiger partial charge in [0.1, 0.15) is 11.8 Å². The van der Waals surface area contributed by atoms with E-state index in [-0.39, 0.29) is 13.2 Å². The molecule has 1 heterocycles. The lowest BCUT2D eigenvalue weighted by molar-refractivity contribution is 0.0387. The smallest absolute Gasteiger partial charge is 0.203 e. The first kappa shape index (κ1) is 13.7. The van der Waals surface area contributed by atoms with Crippen LogP contribution in [0.15, 0.2) is 16.5 Å². The number of furan rings is 1. The van der Waals surface area contributed by atoms with Crippen LogP contribution in [-0.2, 0) is 6.54 Å². The Labute approximate surface area is 101 Å². The normalized spacial score (nSPS) is 11.8. The molecular formula is C12H18N2O3. The number of nitriles is 1. The largest absolute Gasteiger partial charge is 0.449 e. The van der Waals surface area contributed by atoms with Gasteiger partial charge in [-0.3, -0.25) is 4.90 Å². The van der Waals surface area contributed by atoms with Crippen molar-refractivity contribution in [3.05, 3.63) is 23.7 Å². The van der Waals surface area contributed by atoms with Crippen LogP contribution in [0.2, 0.25) is 0 Å². The van der Waals surface area contributed by atoms with E-state index >= 15 is 0 Å². The third-order valence-electron chi connectivity index (χ3n) is 2.61. The van der Waals surface area contributed by atoms with Crippen LogP contribution in [0.4, 0.5) is 0 Å². The Morgan fingerprint density at radius 1 is 1.41 bits per heavy atom. The summed E-state index contributed by atoms with van der Waals surface area (Å²) in [5.74, 6) is 0.989. The Bertz CT molecular complexity index is 391. The van der Waals surface area contributed by atoms with Crippen molar-refractivity contribution in [2.24, 2.45) is 5.41 Å². The van der Waals surface area contributed by atoms with Gasteiger partial charge in [-0.05, 0) is 19.2 Å². The molecule has 1 aromatic rings. The van der Waals surface area contributed by atoms with Gasteiger partial charge in [0.2, 0.25) is 5.76 Å². The molecule has 0 aliphatic rings. The van der Waals surface area contributed by atoms with Crippen molar-refractivity contribution >= 4 is 0 Å². The molecule has 0 unspecified atom stereocenters. The average Bonchev–Trinajstić information content (AvgIpc) is 2.76. The van der Waals surface area contributed by atoms with E-state index in [9.17, 15) is 10.2 Å². The lowest BCUT2D eigenvalue weighted by Gasteiger charge is -2.29. The SMILES string of the molecule is CN(Cc1ccc(C#N)o1)CC(C)(CO)CO. The molecule has 17 heavy (non-hydrogen) atoms. The van der Waals surface area contributed by atoms with E-state index in [1.54, 1.807) is 12.1 Å². The number of hydrogen-bond acceptors (Lipinski definition) is 5. The van der Waals surface area contributed by atoms with Crippen LogP contribution in [-0.4, -0.2) is 41.9 Å². The maximum atomic E-state index is 9.19. The van der Waals surface area contributed by atoms with Crippen LogP contribution in [0, 0.1) is 16.7 Å². The van der Waals surface area contributed by atoms with E-state index in [2.05, 4.69) is 0 Å². The Balaban J connectivity index is 2.55. The number of aliphatic hydroxyl groups is 2. The van der Waals surface area contributed by atoms with E-state index in [0.29, 0.717) is 24.6 Å². The zero-order valence-corrected chi connectivity index (χ0v) is 10.2. The summed E-state index contributed by atoms with van der Waals surface area (Å²) in [7, 11) is 1.87. The molecule has 0 amide bonds. The number of rotatable bonds is 6. The fourth-order valence-electron chi connectivity index (χ4n) is 1.65. The molecule has 94 valence electrons. The van der Waals surface area contributed by atoms with E-state index < -0.39 is 5.41 Å². The van der Waals surface area contributed by atoms with Gasteiger partial charge in [0, 0.05) is 12.0 Å². The standard InChI is InChI=1S/C12H18N2O3/c1-12(8-15,9-16)7-14(2)6-11-4-3-10(5-13)17-11/h3-4,15-16H,6-9H2,1-2H3. The monoisotopic (exact) mass is 238 g/mol. The minimum atomic E-state index is -0.528. The quantitative estimate of drug-likeness (QED) is 0.757. The number of aliphatic hydroxyl groups excluding tert-OH is 2. The molecule has 0 saturated carbocycles. The summed E-state index contributed by atoms with van der Waals surface area (Å²) < 4.78 is 5.26. The molecule has 0 spiro atoms. The van der Waals surface area contributed by atoms with Gasteiger partial charge in [-0.2, -0.15) is 5.26 Å². The van der Waals surface area contributed by atoms with E-state index in [0.717, 1.165) is 0 Å². The van der Waals surface area contributed by atoms with Crippen molar-refractivity contribution in [3.63, 3.8) is 0 Å². The second kappa shape index (κ2) is 5.82. The predicted molar refractivity (Wildman–Crippen MR) is 62.0 cm³/mol. The summed E-state index contributed by atoms with van der Waals surface area (Å²) in [5, 5.41) is 27.0. The Hall–Kier alpha value is -1.35. The van der Waals surface area contributed by atoms with Crippen molar-refractivity contribution in [1.29, 1.82) is 5.26 Å². The van der Waals surface area contributed by atoms with Gasteiger partial charge in [-0.1, -0.05) is 6.92 Å². The minimum absolute atomic E-state index is 0.0740. The molecule has 1 rings (SSSR count). The second-order valence-corrected chi connectivity index (χ2v) is 4.68. The molecule has 0 saturated heterocycles. The molecule has 2 N–H and O–H groups in total. The summed E-state index contributed by atoms with van der Waals surface area (Å²) in [5.41, 5.74) is -0.528. The number of nitrogens with zero attached hydrogens (tertiary/aromatic N) is 2. The van der Waals surface area contributed by atoms with Crippen molar-refractivity contribution in [2.75, 3.05) is 26.8 Å². The molecule has 0 atom stereocenters. The van der Waals surface area contributed by atoms with Gasteiger partial charge in [-0.15, -0.1) is 0 Å². The first-order chi connectivity index (χ1) is 8.03. The fraction of sp³-hybridized carbons (Fsp3) is 0.583. The number of hydrogen-bond donors (Lipinski definition) is 2. The molecule has 5 heteroatoms. The van der Waals surface area contributed by atoms with Crippen molar-refractivity contribution in [1.82, 2.24) is 4.90 Å². The molecule has 0 fully saturated rings. The molecule has 0 radical (unpaired) electrons. The van der Waals surface area contributed by atoms with E-state index in [4.69, 9.17) is 9.68 Å². The maximum Gasteiger partial charge on any atom is 0.203 e. The summed E-state index contributed by atoms with van der Waals surface area (Å²) in [4.78, 5) is 1.94. The molecule has 5 nitrogen and oxygen atoms in total. The lowest BCUT2D eigenvalue weighted by atomic mass is 9.92. The molecule has 1 aromatic heterocycles. The van der Waals surface area contributed by atoms with Crippen LogP contribution < -0.4 is 0 Å². The van der Waals surface area contributed by atoms with Crippen LogP contribution in [0.3, 0.4) is 0 Å². The van der Waals surface area contributed by atoms with E-state index in [1.807, 2.05) is 24.9 Å². The Morgan fingerprint density at radius 3 is 2.53 bits per heavy atom. The molecule has 0 aliphatic carbocycles. The fourth-order valence-corrected chi connectivity index (χ4v) is 1.65. The summed E-state index contributed by atoms with van der Waals surface area (Å²) in [6.45, 7) is 2.75. The van der Waals surface area contributed by atoms with Gasteiger partial charge in [0.15, 0.2) is 0 Å². The summed E-state index contributed by atoms with van der Waals surface area (Å²) >= 11 is 0. The average molecular weight is 238 g/mol. The topological polar surface area (TPSA) is 80.6 Å². The van der Waals surface area contributed by atoms with Crippen LogP contribution in [0.25, 0.3) is 0 Å². The van der Waals surface area contributed by atoms with Crippen LogP contribution in [0.5, 0.6) is 0 Å². The molecule has 0 bridgehead atoms. The zero-order chi connectivity index (χ0) is 12.9. The third kappa shape index (κ3) is 3.86. The third-order valence-corrected chi connectivity index (χ3v) is 2.61. The minimum Gasteiger partial charge on any atom is -0.449 e. The second-order valence-electron chi connectivity index (χ2n) is 4.68. The Kier molecular flexibility index (Phi) is 4.70.